The number of likely N-dealkylation sites (N-methyl/N-ethyl adjacent to an activating group) is 1. The Bertz CT molecular complexity index is 652. The van der Waals surface area contributed by atoms with Crippen molar-refractivity contribution in [3.8, 4) is 0 Å². The predicted molar refractivity (Wildman–Crippen MR) is 119 cm³/mol. The Balaban J connectivity index is 0.00000312. The number of rotatable bonds is 8. The molecular weight excluding hydrogens is 425 g/mol. The van der Waals surface area contributed by atoms with E-state index < -0.39 is 0 Å². The zero-order valence-electron chi connectivity index (χ0n) is 15.8. The highest BCUT2D eigenvalue weighted by molar-refractivity contribution is 14.0. The molecule has 0 aliphatic carbocycles. The number of para-hydroxylation sites is 1. The zero-order valence-corrected chi connectivity index (χ0v) is 18.1. The van der Waals surface area contributed by atoms with Crippen LogP contribution in [0.25, 0.3) is 10.9 Å². The van der Waals surface area contributed by atoms with Crippen LogP contribution < -0.4 is 10.6 Å². The van der Waals surface area contributed by atoms with Crippen LogP contribution in [0.5, 0.6) is 0 Å². The van der Waals surface area contributed by atoms with E-state index in [1.165, 1.54) is 22.9 Å². The average molecular weight is 457 g/mol. The fourth-order valence-electron chi connectivity index (χ4n) is 2.76. The van der Waals surface area contributed by atoms with Crippen molar-refractivity contribution in [1.82, 2.24) is 20.5 Å². The second-order valence-corrected chi connectivity index (χ2v) is 6.27. The molecule has 0 amide bonds. The molecule has 0 spiro atoms. The molecule has 1 aromatic heterocycles. The number of guanidine groups is 1. The van der Waals surface area contributed by atoms with Gasteiger partial charge in [-0.1, -0.05) is 25.1 Å². The van der Waals surface area contributed by atoms with E-state index in [-0.39, 0.29) is 24.0 Å². The van der Waals surface area contributed by atoms with Gasteiger partial charge in [0.25, 0.3) is 0 Å². The monoisotopic (exact) mass is 457 g/mol. The van der Waals surface area contributed by atoms with Gasteiger partial charge in [0.2, 0.25) is 0 Å². The first-order valence-corrected chi connectivity index (χ1v) is 8.85. The number of nitrogens with zero attached hydrogens (tertiary/aromatic N) is 2. The number of halogens is 1. The fraction of sp³-hybridized carbons (Fsp3) is 0.526. The van der Waals surface area contributed by atoms with Crippen LogP contribution >= 0.6 is 24.0 Å². The van der Waals surface area contributed by atoms with E-state index in [9.17, 15) is 0 Å². The van der Waals surface area contributed by atoms with Gasteiger partial charge in [0.05, 0.1) is 0 Å². The molecule has 2 rings (SSSR count). The first-order valence-electron chi connectivity index (χ1n) is 8.85. The molecule has 0 aliphatic rings. The normalized spacial score (nSPS) is 12.9. The van der Waals surface area contributed by atoms with Gasteiger partial charge in [-0.25, -0.2) is 0 Å². The van der Waals surface area contributed by atoms with Crippen LogP contribution in [0, 0.1) is 0 Å². The number of aromatic amines is 1. The molecule has 6 heteroatoms. The summed E-state index contributed by atoms with van der Waals surface area (Å²) in [6, 6.07) is 9.04. The number of aromatic nitrogens is 1. The number of aliphatic imine (C=N–C) groups is 1. The Labute approximate surface area is 168 Å². The van der Waals surface area contributed by atoms with Gasteiger partial charge >= 0.3 is 0 Å². The minimum Gasteiger partial charge on any atom is -0.361 e. The van der Waals surface area contributed by atoms with E-state index in [1.807, 2.05) is 7.05 Å². The number of hydrogen-bond acceptors (Lipinski definition) is 2. The number of benzene rings is 1. The highest BCUT2D eigenvalue weighted by Gasteiger charge is 2.07. The van der Waals surface area contributed by atoms with Crippen LogP contribution in [0.3, 0.4) is 0 Å². The molecule has 0 aliphatic heterocycles. The largest absolute Gasteiger partial charge is 0.361 e. The summed E-state index contributed by atoms with van der Waals surface area (Å²) in [5.41, 5.74) is 2.54. The van der Waals surface area contributed by atoms with Gasteiger partial charge in [-0.15, -0.1) is 24.0 Å². The van der Waals surface area contributed by atoms with Crippen LogP contribution in [0.1, 0.15) is 25.8 Å². The summed E-state index contributed by atoms with van der Waals surface area (Å²) < 4.78 is 0. The SMILES string of the molecule is CCC(C)N(C)CCNC(=NC)NCCc1c[nH]c2ccccc12.I. The molecule has 0 bridgehead atoms. The molecular formula is C19H32IN5. The van der Waals surface area contributed by atoms with Crippen LogP contribution in [0.4, 0.5) is 0 Å². The van der Waals surface area contributed by atoms with E-state index in [1.54, 1.807) is 0 Å². The van der Waals surface area contributed by atoms with Crippen molar-refractivity contribution in [1.29, 1.82) is 0 Å². The van der Waals surface area contributed by atoms with Crippen LogP contribution in [-0.2, 0) is 6.42 Å². The van der Waals surface area contributed by atoms with Crippen LogP contribution in [0.15, 0.2) is 35.5 Å². The van der Waals surface area contributed by atoms with Crippen molar-refractivity contribution in [2.75, 3.05) is 33.7 Å². The molecule has 0 saturated heterocycles. The summed E-state index contributed by atoms with van der Waals surface area (Å²) in [7, 11) is 3.99. The standard InChI is InChI=1S/C19H31N5.HI/c1-5-15(2)24(4)13-12-22-19(20-3)21-11-10-16-14-23-18-9-7-6-8-17(16)18;/h6-9,14-15,23H,5,10-13H2,1-4H3,(H2,20,21,22);1H. The molecule has 3 N–H and O–H groups in total. The summed E-state index contributed by atoms with van der Waals surface area (Å²) in [4.78, 5) is 9.99. The zero-order chi connectivity index (χ0) is 17.4. The highest BCUT2D eigenvalue weighted by Crippen LogP contribution is 2.17. The first kappa shape index (κ1) is 21.8. The Kier molecular flexibility index (Phi) is 9.89. The highest BCUT2D eigenvalue weighted by atomic mass is 127. The van der Waals surface area contributed by atoms with E-state index in [0.29, 0.717) is 6.04 Å². The van der Waals surface area contributed by atoms with Gasteiger partial charge in [-0.3, -0.25) is 4.99 Å². The maximum absolute atomic E-state index is 4.30. The smallest absolute Gasteiger partial charge is 0.191 e. The molecule has 5 nitrogen and oxygen atoms in total. The predicted octanol–water partition coefficient (Wildman–Crippen LogP) is 3.22. The quantitative estimate of drug-likeness (QED) is 0.324. The van der Waals surface area contributed by atoms with Crippen molar-refractivity contribution < 1.29 is 0 Å². The van der Waals surface area contributed by atoms with E-state index in [2.05, 4.69) is 76.9 Å². The van der Waals surface area contributed by atoms with E-state index >= 15 is 0 Å². The minimum absolute atomic E-state index is 0. The van der Waals surface area contributed by atoms with Gasteiger partial charge in [-0.2, -0.15) is 0 Å². The molecule has 1 heterocycles. The van der Waals surface area contributed by atoms with Gasteiger partial charge < -0.3 is 20.5 Å². The molecule has 140 valence electrons. The summed E-state index contributed by atoms with van der Waals surface area (Å²) in [6.45, 7) is 7.25. The van der Waals surface area contributed by atoms with Crippen molar-refractivity contribution in [2.24, 2.45) is 4.99 Å². The second kappa shape index (κ2) is 11.4. The summed E-state index contributed by atoms with van der Waals surface area (Å²) in [6.07, 6.45) is 4.25. The molecule has 0 saturated carbocycles. The third kappa shape index (κ3) is 6.51. The molecule has 1 unspecified atom stereocenters. The lowest BCUT2D eigenvalue weighted by Gasteiger charge is -2.23. The lowest BCUT2D eigenvalue weighted by Crippen LogP contribution is -2.42. The van der Waals surface area contributed by atoms with Crippen LogP contribution in [0.2, 0.25) is 0 Å². The van der Waals surface area contributed by atoms with Gasteiger partial charge in [0.1, 0.15) is 0 Å². The third-order valence-corrected chi connectivity index (χ3v) is 4.69. The second-order valence-electron chi connectivity index (χ2n) is 6.27. The molecule has 1 aromatic carbocycles. The van der Waals surface area contributed by atoms with Crippen LogP contribution in [-0.4, -0.2) is 55.6 Å². The van der Waals surface area contributed by atoms with Gasteiger partial charge in [0, 0.05) is 49.8 Å². The summed E-state index contributed by atoms with van der Waals surface area (Å²) in [5, 5.41) is 8.08. The van der Waals surface area contributed by atoms with Crippen molar-refractivity contribution in [3.63, 3.8) is 0 Å². The topological polar surface area (TPSA) is 55.4 Å². The van der Waals surface area contributed by atoms with E-state index in [0.717, 1.165) is 32.0 Å². The first-order chi connectivity index (χ1) is 11.7. The molecule has 25 heavy (non-hydrogen) atoms. The number of nitrogens with one attached hydrogen (secondary N) is 3. The van der Waals surface area contributed by atoms with Gasteiger partial charge in [0.15, 0.2) is 5.96 Å². The fourth-order valence-corrected chi connectivity index (χ4v) is 2.76. The minimum atomic E-state index is 0. The van der Waals surface area contributed by atoms with E-state index in [4.69, 9.17) is 0 Å². The summed E-state index contributed by atoms with van der Waals surface area (Å²) >= 11 is 0. The van der Waals surface area contributed by atoms with Gasteiger partial charge in [-0.05, 0) is 38.4 Å². The average Bonchev–Trinajstić information content (AvgIpc) is 3.02. The Morgan fingerprint density at radius 1 is 1.24 bits per heavy atom. The number of hydrogen-bond donors (Lipinski definition) is 3. The molecule has 1 atom stereocenters. The Morgan fingerprint density at radius 3 is 2.68 bits per heavy atom. The maximum atomic E-state index is 4.30. The third-order valence-electron chi connectivity index (χ3n) is 4.69. The van der Waals surface area contributed by atoms with Crippen molar-refractivity contribution >= 4 is 40.8 Å². The lowest BCUT2D eigenvalue weighted by atomic mass is 10.1. The Hall–Kier alpha value is -1.28. The maximum Gasteiger partial charge on any atom is 0.191 e. The number of fused-ring (bicyclic) bond motifs is 1. The number of H-pyrrole nitrogens is 1. The van der Waals surface area contributed by atoms with Crippen molar-refractivity contribution in [3.05, 3.63) is 36.0 Å². The summed E-state index contributed by atoms with van der Waals surface area (Å²) in [5.74, 6) is 0.868. The lowest BCUT2D eigenvalue weighted by molar-refractivity contribution is 0.255. The van der Waals surface area contributed by atoms with Crippen molar-refractivity contribution in [2.45, 2.75) is 32.7 Å². The molecule has 0 radical (unpaired) electrons. The molecule has 2 aromatic rings. The molecule has 0 fully saturated rings. The Morgan fingerprint density at radius 2 is 1.96 bits per heavy atom.